The molecular weight excluding hydrogens is 317 g/mol. The van der Waals surface area contributed by atoms with E-state index in [-0.39, 0.29) is 11.7 Å². The molecule has 0 unspecified atom stereocenters. The molecule has 1 rings (SSSR count). The number of amides is 1. The molecule has 16 heavy (non-hydrogen) atoms. The molecule has 94 valence electrons. The van der Waals surface area contributed by atoms with Crippen molar-refractivity contribution in [2.45, 2.75) is 45.6 Å². The second-order valence-electron chi connectivity index (χ2n) is 5.41. The third-order valence-corrected chi connectivity index (χ3v) is 3.31. The van der Waals surface area contributed by atoms with Crippen molar-refractivity contribution in [1.82, 2.24) is 4.90 Å². The predicted molar refractivity (Wildman–Crippen MR) is 74.0 cm³/mol. The van der Waals surface area contributed by atoms with E-state index >= 15 is 0 Å². The fourth-order valence-corrected chi connectivity index (χ4v) is 2.83. The number of rotatable bonds is 2. The van der Waals surface area contributed by atoms with Crippen molar-refractivity contribution in [2.24, 2.45) is 5.92 Å². The Morgan fingerprint density at radius 1 is 1.50 bits per heavy atom. The van der Waals surface area contributed by atoms with E-state index in [1.165, 1.54) is 17.3 Å². The van der Waals surface area contributed by atoms with Crippen LogP contribution in [0, 0.1) is 5.92 Å². The first-order valence-electron chi connectivity index (χ1n) is 5.96. The molecular formula is C12H22INO2. The van der Waals surface area contributed by atoms with Gasteiger partial charge in [0.1, 0.15) is 5.60 Å². The van der Waals surface area contributed by atoms with E-state index in [4.69, 9.17) is 4.74 Å². The average Bonchev–Trinajstić information content (AvgIpc) is 2.16. The van der Waals surface area contributed by atoms with E-state index in [0.717, 1.165) is 19.5 Å². The number of hydrogen-bond acceptors (Lipinski definition) is 2. The summed E-state index contributed by atoms with van der Waals surface area (Å²) in [6.45, 7) is 7.47. The van der Waals surface area contributed by atoms with E-state index in [0.29, 0.717) is 5.92 Å². The second-order valence-corrected chi connectivity index (χ2v) is 6.49. The molecule has 4 heteroatoms. The van der Waals surface area contributed by atoms with E-state index in [1.807, 2.05) is 25.7 Å². The average molecular weight is 339 g/mol. The van der Waals surface area contributed by atoms with E-state index in [9.17, 15) is 4.79 Å². The number of nitrogens with zero attached hydrogens (tertiary/aromatic N) is 1. The largest absolute Gasteiger partial charge is 0.444 e. The van der Waals surface area contributed by atoms with Gasteiger partial charge in [-0.15, -0.1) is 0 Å². The van der Waals surface area contributed by atoms with Crippen LogP contribution in [0.4, 0.5) is 4.79 Å². The maximum Gasteiger partial charge on any atom is 0.410 e. The highest BCUT2D eigenvalue weighted by molar-refractivity contribution is 14.1. The summed E-state index contributed by atoms with van der Waals surface area (Å²) >= 11 is 2.40. The molecule has 1 aliphatic rings. The van der Waals surface area contributed by atoms with Crippen LogP contribution in [0.15, 0.2) is 0 Å². The Balaban J connectivity index is 2.44. The normalized spacial score (nSPS) is 22.0. The quantitative estimate of drug-likeness (QED) is 0.570. The topological polar surface area (TPSA) is 29.5 Å². The Hall–Kier alpha value is 0. The molecule has 1 amide bonds. The van der Waals surface area contributed by atoms with Gasteiger partial charge in [0, 0.05) is 13.1 Å². The van der Waals surface area contributed by atoms with E-state index in [2.05, 4.69) is 22.6 Å². The third-order valence-electron chi connectivity index (χ3n) is 2.69. The Morgan fingerprint density at radius 2 is 2.19 bits per heavy atom. The molecule has 0 aromatic carbocycles. The third kappa shape index (κ3) is 4.89. The molecule has 1 saturated heterocycles. The van der Waals surface area contributed by atoms with Crippen LogP contribution in [0.3, 0.4) is 0 Å². The zero-order valence-electron chi connectivity index (χ0n) is 10.5. The van der Waals surface area contributed by atoms with Crippen molar-refractivity contribution in [3.05, 3.63) is 0 Å². The fraction of sp³-hybridized carbons (Fsp3) is 0.917. The number of carbonyl (C=O) groups excluding carboxylic acids is 1. The summed E-state index contributed by atoms with van der Waals surface area (Å²) in [5, 5.41) is 0. The predicted octanol–water partition coefficient (Wildman–Crippen LogP) is 3.46. The summed E-state index contributed by atoms with van der Waals surface area (Å²) in [4.78, 5) is 13.7. The van der Waals surface area contributed by atoms with Crippen LogP contribution in [-0.2, 0) is 4.74 Å². The van der Waals surface area contributed by atoms with Gasteiger partial charge in [-0.2, -0.15) is 0 Å². The second kappa shape index (κ2) is 6.07. The molecule has 0 aliphatic carbocycles. The van der Waals surface area contributed by atoms with Gasteiger partial charge >= 0.3 is 6.09 Å². The smallest absolute Gasteiger partial charge is 0.410 e. The van der Waals surface area contributed by atoms with Gasteiger partial charge in [-0.25, -0.2) is 4.79 Å². The highest BCUT2D eigenvalue weighted by atomic mass is 127. The maximum atomic E-state index is 11.9. The molecule has 1 heterocycles. The van der Waals surface area contributed by atoms with Crippen molar-refractivity contribution < 1.29 is 9.53 Å². The number of halogens is 1. The summed E-state index contributed by atoms with van der Waals surface area (Å²) in [5.74, 6) is 0.665. The summed E-state index contributed by atoms with van der Waals surface area (Å²) in [6, 6.07) is 0. The minimum absolute atomic E-state index is 0.148. The van der Waals surface area contributed by atoms with Gasteiger partial charge in [0.2, 0.25) is 0 Å². The molecule has 0 aromatic heterocycles. The highest BCUT2D eigenvalue weighted by Crippen LogP contribution is 2.22. The summed E-state index contributed by atoms with van der Waals surface area (Å²) in [7, 11) is 0. The standard InChI is InChI=1S/C12H22INO2/c1-12(2,3)16-11(15)14-8-4-5-10(9-14)6-7-13/h10H,4-9H2,1-3H3/t10-/m0/s1. The number of ether oxygens (including phenoxy) is 1. The van der Waals surface area contributed by atoms with Crippen LogP contribution in [0.5, 0.6) is 0 Å². The van der Waals surface area contributed by atoms with Crippen LogP contribution in [0.25, 0.3) is 0 Å². The minimum atomic E-state index is -0.382. The van der Waals surface area contributed by atoms with E-state index in [1.54, 1.807) is 0 Å². The Morgan fingerprint density at radius 3 is 2.75 bits per heavy atom. The number of alkyl halides is 1. The summed E-state index contributed by atoms with van der Waals surface area (Å²) in [6.07, 6.45) is 3.42. The zero-order valence-corrected chi connectivity index (χ0v) is 12.6. The van der Waals surface area contributed by atoms with Crippen molar-refractivity contribution in [2.75, 3.05) is 17.5 Å². The number of carbonyl (C=O) groups is 1. The molecule has 0 N–H and O–H groups in total. The molecule has 0 spiro atoms. The molecule has 1 atom stereocenters. The van der Waals surface area contributed by atoms with Crippen molar-refractivity contribution in [1.29, 1.82) is 0 Å². The Bertz CT molecular complexity index is 236. The number of hydrogen-bond donors (Lipinski definition) is 0. The van der Waals surface area contributed by atoms with Crippen LogP contribution >= 0.6 is 22.6 Å². The maximum absolute atomic E-state index is 11.9. The van der Waals surface area contributed by atoms with Gasteiger partial charge in [-0.3, -0.25) is 0 Å². The Kier molecular flexibility index (Phi) is 5.34. The first-order valence-corrected chi connectivity index (χ1v) is 7.49. The fourth-order valence-electron chi connectivity index (χ4n) is 1.95. The molecule has 1 aliphatic heterocycles. The number of piperidine rings is 1. The van der Waals surface area contributed by atoms with Gasteiger partial charge in [0.25, 0.3) is 0 Å². The summed E-state index contributed by atoms with van der Waals surface area (Å²) in [5.41, 5.74) is -0.382. The van der Waals surface area contributed by atoms with Crippen LogP contribution in [0.2, 0.25) is 0 Å². The van der Waals surface area contributed by atoms with Crippen LogP contribution in [0.1, 0.15) is 40.0 Å². The van der Waals surface area contributed by atoms with Crippen molar-refractivity contribution in [3.8, 4) is 0 Å². The lowest BCUT2D eigenvalue weighted by Crippen LogP contribution is -2.42. The van der Waals surface area contributed by atoms with Gasteiger partial charge in [0.05, 0.1) is 0 Å². The lowest BCUT2D eigenvalue weighted by atomic mass is 9.96. The first-order chi connectivity index (χ1) is 7.42. The van der Waals surface area contributed by atoms with Gasteiger partial charge in [-0.1, -0.05) is 22.6 Å². The number of likely N-dealkylation sites (tertiary alicyclic amines) is 1. The molecule has 0 saturated carbocycles. The Labute approximate surface area is 112 Å². The van der Waals surface area contributed by atoms with Crippen LogP contribution < -0.4 is 0 Å². The van der Waals surface area contributed by atoms with Gasteiger partial charge < -0.3 is 9.64 Å². The van der Waals surface area contributed by atoms with Gasteiger partial charge in [0.15, 0.2) is 0 Å². The van der Waals surface area contributed by atoms with Gasteiger partial charge in [-0.05, 0) is 50.4 Å². The first kappa shape index (κ1) is 14.1. The van der Waals surface area contributed by atoms with Crippen molar-refractivity contribution in [3.63, 3.8) is 0 Å². The molecule has 1 fully saturated rings. The zero-order chi connectivity index (χ0) is 12.2. The monoisotopic (exact) mass is 339 g/mol. The van der Waals surface area contributed by atoms with Crippen molar-refractivity contribution >= 4 is 28.7 Å². The summed E-state index contributed by atoms with van der Waals surface area (Å²) < 4.78 is 6.56. The SMILES string of the molecule is CC(C)(C)OC(=O)N1CCC[C@@H](CCI)C1. The molecule has 0 bridgehead atoms. The molecule has 3 nitrogen and oxygen atoms in total. The highest BCUT2D eigenvalue weighted by Gasteiger charge is 2.27. The minimum Gasteiger partial charge on any atom is -0.444 e. The van der Waals surface area contributed by atoms with Crippen LogP contribution in [-0.4, -0.2) is 34.1 Å². The lowest BCUT2D eigenvalue weighted by Gasteiger charge is -2.34. The molecule has 0 aromatic rings. The molecule has 0 radical (unpaired) electrons. The lowest BCUT2D eigenvalue weighted by molar-refractivity contribution is 0.0165. The van der Waals surface area contributed by atoms with E-state index < -0.39 is 0 Å².